The van der Waals surface area contributed by atoms with E-state index in [0.717, 1.165) is 21.0 Å². The highest BCUT2D eigenvalue weighted by Gasteiger charge is 2.28. The summed E-state index contributed by atoms with van der Waals surface area (Å²) < 4.78 is 33.1. The number of nitro benzene ring substituents is 1. The van der Waals surface area contributed by atoms with Gasteiger partial charge >= 0.3 is 5.69 Å². The molecule has 0 atom stereocenters. The summed E-state index contributed by atoms with van der Waals surface area (Å²) >= 11 is 0. The summed E-state index contributed by atoms with van der Waals surface area (Å²) in [4.78, 5) is 23.4. The zero-order chi connectivity index (χ0) is 26.5. The fourth-order valence-corrected chi connectivity index (χ4v) is 4.90. The Morgan fingerprint density at radius 3 is 2.44 bits per heavy atom. The van der Waals surface area contributed by atoms with Crippen LogP contribution in [0.3, 0.4) is 0 Å². The van der Waals surface area contributed by atoms with Gasteiger partial charge in [-0.05, 0) is 62.2 Å². The van der Waals surface area contributed by atoms with Gasteiger partial charge in [-0.1, -0.05) is 29.8 Å². The molecule has 0 radical (unpaired) electrons. The lowest BCUT2D eigenvalue weighted by Gasteiger charge is -2.26. The van der Waals surface area contributed by atoms with E-state index in [4.69, 9.17) is 4.74 Å². The van der Waals surface area contributed by atoms with Gasteiger partial charge in [-0.2, -0.15) is 5.10 Å². The summed E-state index contributed by atoms with van der Waals surface area (Å²) in [7, 11) is -2.75. The average molecular weight is 511 g/mol. The topological polar surface area (TPSA) is 131 Å². The Hall–Kier alpha value is -4.25. The number of ether oxygens (including phenoxy) is 1. The monoisotopic (exact) mass is 510 g/mol. The number of carbonyl (C=O) groups excluding carboxylic acids is 1. The van der Waals surface area contributed by atoms with E-state index < -0.39 is 27.4 Å². The predicted molar refractivity (Wildman–Crippen MR) is 137 cm³/mol. The maximum absolute atomic E-state index is 13.5. The van der Waals surface area contributed by atoms with Crippen LogP contribution in [0.25, 0.3) is 0 Å². The molecule has 10 nitrogen and oxygen atoms in total. The predicted octanol–water partition coefficient (Wildman–Crippen LogP) is 3.87. The van der Waals surface area contributed by atoms with E-state index in [1.54, 1.807) is 31.2 Å². The van der Waals surface area contributed by atoms with Crippen LogP contribution in [-0.4, -0.2) is 39.1 Å². The molecule has 1 N–H and O–H groups in total. The van der Waals surface area contributed by atoms with Crippen molar-refractivity contribution in [2.24, 2.45) is 5.10 Å². The van der Waals surface area contributed by atoms with Gasteiger partial charge in [-0.3, -0.25) is 19.2 Å². The first-order valence-electron chi connectivity index (χ1n) is 10.8. The molecule has 0 spiro atoms. The molecule has 1 amide bonds. The molecule has 0 aliphatic heterocycles. The number of carbonyl (C=O) groups is 1. The number of hydrogen-bond donors (Lipinski definition) is 1. The van der Waals surface area contributed by atoms with Crippen LogP contribution in [0.5, 0.6) is 5.75 Å². The maximum atomic E-state index is 13.5. The number of hydrogen-bond acceptors (Lipinski definition) is 7. The van der Waals surface area contributed by atoms with Crippen LogP contribution in [0, 0.1) is 30.9 Å². The van der Waals surface area contributed by atoms with Crippen LogP contribution in [0.15, 0.2) is 70.7 Å². The molecule has 188 valence electrons. The number of hydrazone groups is 1. The lowest BCUT2D eigenvalue weighted by Crippen LogP contribution is -2.40. The highest BCUT2D eigenvalue weighted by molar-refractivity contribution is 7.92. The van der Waals surface area contributed by atoms with Crippen molar-refractivity contribution in [1.29, 1.82) is 0 Å². The van der Waals surface area contributed by atoms with Gasteiger partial charge < -0.3 is 4.74 Å². The molecule has 36 heavy (non-hydrogen) atoms. The molecule has 0 bridgehead atoms. The highest BCUT2D eigenvalue weighted by atomic mass is 32.2. The van der Waals surface area contributed by atoms with Gasteiger partial charge in [0.05, 0.1) is 28.8 Å². The van der Waals surface area contributed by atoms with E-state index in [9.17, 15) is 23.3 Å². The number of nitrogens with one attached hydrogen (secondary N) is 1. The Bertz CT molecular complexity index is 1420. The van der Waals surface area contributed by atoms with Crippen molar-refractivity contribution in [3.8, 4) is 5.75 Å². The first-order chi connectivity index (χ1) is 17.0. The number of nitrogens with zero attached hydrogens (tertiary/aromatic N) is 3. The second-order valence-electron chi connectivity index (χ2n) is 8.03. The van der Waals surface area contributed by atoms with E-state index in [2.05, 4.69) is 10.5 Å². The Morgan fingerprint density at radius 1 is 1.11 bits per heavy atom. The molecular weight excluding hydrogens is 484 g/mol. The number of rotatable bonds is 9. The van der Waals surface area contributed by atoms with Crippen LogP contribution < -0.4 is 14.5 Å². The minimum atomic E-state index is -4.07. The minimum Gasteiger partial charge on any atom is -0.490 e. The zero-order valence-corrected chi connectivity index (χ0v) is 21.1. The van der Waals surface area contributed by atoms with Crippen molar-refractivity contribution in [2.75, 3.05) is 18.0 Å². The summed E-state index contributed by atoms with van der Waals surface area (Å²) in [6.07, 6.45) is 1.22. The molecular formula is C25H26N4O6S. The number of aryl methyl sites for hydroxylation is 2. The molecule has 0 heterocycles. The number of sulfonamides is 1. The summed E-state index contributed by atoms with van der Waals surface area (Å²) in [5.74, 6) is -0.600. The fourth-order valence-electron chi connectivity index (χ4n) is 3.42. The summed E-state index contributed by atoms with van der Waals surface area (Å²) in [5.41, 5.74) is 5.26. The van der Waals surface area contributed by atoms with E-state index in [1.165, 1.54) is 43.7 Å². The zero-order valence-electron chi connectivity index (χ0n) is 20.3. The Balaban J connectivity index is 1.87. The highest BCUT2D eigenvalue weighted by Crippen LogP contribution is 2.29. The van der Waals surface area contributed by atoms with Gasteiger partial charge in [0.15, 0.2) is 5.75 Å². The van der Waals surface area contributed by atoms with Crippen LogP contribution in [0.2, 0.25) is 0 Å². The quantitative estimate of drug-likeness (QED) is 0.264. The molecule has 3 aromatic rings. The van der Waals surface area contributed by atoms with Gasteiger partial charge in [-0.15, -0.1) is 0 Å². The first kappa shape index (κ1) is 26.4. The molecule has 3 aromatic carbocycles. The maximum Gasteiger partial charge on any atom is 0.311 e. The third kappa shape index (κ3) is 5.87. The molecule has 3 rings (SSSR count). The van der Waals surface area contributed by atoms with Crippen LogP contribution in [-0.2, 0) is 14.8 Å². The fraction of sp³-hybridized carbons (Fsp3) is 0.200. The normalized spacial score (nSPS) is 11.3. The smallest absolute Gasteiger partial charge is 0.311 e. The van der Waals surface area contributed by atoms with Crippen molar-refractivity contribution in [1.82, 2.24) is 5.43 Å². The van der Waals surface area contributed by atoms with Crippen molar-refractivity contribution < 1.29 is 22.9 Å². The van der Waals surface area contributed by atoms with Gasteiger partial charge in [0.25, 0.3) is 15.9 Å². The number of benzene rings is 3. The van der Waals surface area contributed by atoms with Gasteiger partial charge in [0.2, 0.25) is 0 Å². The van der Waals surface area contributed by atoms with E-state index >= 15 is 0 Å². The van der Waals surface area contributed by atoms with Crippen molar-refractivity contribution in [2.45, 2.75) is 25.7 Å². The van der Waals surface area contributed by atoms with Crippen LogP contribution in [0.4, 0.5) is 11.4 Å². The summed E-state index contributed by atoms with van der Waals surface area (Å²) in [6, 6.07) is 15.8. The molecule has 0 saturated heterocycles. The molecule has 0 aromatic heterocycles. The van der Waals surface area contributed by atoms with Gasteiger partial charge in [-0.25, -0.2) is 13.8 Å². The van der Waals surface area contributed by atoms with Crippen molar-refractivity contribution >= 4 is 33.5 Å². The van der Waals surface area contributed by atoms with Gasteiger partial charge in [0, 0.05) is 11.6 Å². The van der Waals surface area contributed by atoms with Crippen LogP contribution >= 0.6 is 0 Å². The van der Waals surface area contributed by atoms with Crippen molar-refractivity contribution in [3.05, 3.63) is 93.0 Å². The number of amides is 1. The SMILES string of the molecule is COc1ccc(/C=N\NC(=O)CN(c2cccc(C)c2C)S(=O)(=O)c2ccc(C)cc2)cc1[N+](=O)[O-]. The molecule has 0 aliphatic carbocycles. The average Bonchev–Trinajstić information content (AvgIpc) is 2.84. The summed E-state index contributed by atoms with van der Waals surface area (Å²) in [6.45, 7) is 4.96. The number of methoxy groups -OCH3 is 1. The lowest BCUT2D eigenvalue weighted by molar-refractivity contribution is -0.385. The molecule has 11 heteroatoms. The van der Waals surface area contributed by atoms with Crippen molar-refractivity contribution in [3.63, 3.8) is 0 Å². The Kier molecular flexibility index (Phi) is 8.05. The second kappa shape index (κ2) is 11.0. The third-order valence-corrected chi connectivity index (χ3v) is 7.32. The number of anilines is 1. The molecule has 0 fully saturated rings. The Morgan fingerprint density at radius 2 is 1.81 bits per heavy atom. The van der Waals surface area contributed by atoms with E-state index in [0.29, 0.717) is 11.3 Å². The molecule has 0 unspecified atom stereocenters. The third-order valence-electron chi connectivity index (χ3n) is 5.54. The standard InChI is InChI=1S/C25H26N4O6S/c1-17-8-11-21(12-9-17)36(33,34)28(22-7-5-6-18(2)19(22)3)16-25(30)27-26-15-20-10-13-24(35-4)23(14-20)29(31)32/h5-15H,16H2,1-4H3,(H,27,30)/b26-15-. The van der Waals surface area contributed by atoms with Gasteiger partial charge in [0.1, 0.15) is 6.54 Å². The Labute approximate surface area is 209 Å². The minimum absolute atomic E-state index is 0.0517. The number of nitro groups is 1. The van der Waals surface area contributed by atoms with E-state index in [-0.39, 0.29) is 16.3 Å². The van der Waals surface area contributed by atoms with Crippen LogP contribution in [0.1, 0.15) is 22.3 Å². The lowest BCUT2D eigenvalue weighted by atomic mass is 10.1. The first-order valence-corrected chi connectivity index (χ1v) is 12.3. The molecule has 0 aliphatic rings. The van der Waals surface area contributed by atoms with E-state index in [1.807, 2.05) is 19.9 Å². The largest absolute Gasteiger partial charge is 0.490 e. The summed E-state index contributed by atoms with van der Waals surface area (Å²) in [5, 5.41) is 15.0. The second-order valence-corrected chi connectivity index (χ2v) is 9.89. The molecule has 0 saturated carbocycles.